The van der Waals surface area contributed by atoms with Crippen molar-refractivity contribution in [3.05, 3.63) is 0 Å². The molecule has 3 heteroatoms. The molecular weight excluding hydrogens is 212 g/mol. The highest BCUT2D eigenvalue weighted by molar-refractivity contribution is 5.77. The van der Waals surface area contributed by atoms with Crippen LogP contribution in [0.5, 0.6) is 0 Å². The highest BCUT2D eigenvalue weighted by atomic mass is 16.2. The Hall–Kier alpha value is -0.570. The van der Waals surface area contributed by atoms with E-state index in [0.29, 0.717) is 30.3 Å². The Balaban J connectivity index is 2.59. The molecule has 100 valence electrons. The van der Waals surface area contributed by atoms with E-state index in [1.54, 1.807) is 0 Å². The van der Waals surface area contributed by atoms with Gasteiger partial charge in [0.15, 0.2) is 0 Å². The van der Waals surface area contributed by atoms with Gasteiger partial charge in [-0.2, -0.15) is 0 Å². The van der Waals surface area contributed by atoms with Crippen molar-refractivity contribution in [1.82, 2.24) is 10.2 Å². The van der Waals surface area contributed by atoms with Crippen molar-refractivity contribution in [1.29, 1.82) is 0 Å². The van der Waals surface area contributed by atoms with E-state index in [4.69, 9.17) is 0 Å². The first-order chi connectivity index (χ1) is 8.12. The number of carbonyl (C=O) groups is 1. The SMILES string of the molecule is CCC(C)CC(=O)N1CC(CC)NCC1CC. The van der Waals surface area contributed by atoms with Gasteiger partial charge in [0.2, 0.25) is 5.91 Å². The van der Waals surface area contributed by atoms with Crippen molar-refractivity contribution < 1.29 is 4.79 Å². The lowest BCUT2D eigenvalue weighted by Crippen LogP contribution is -2.58. The van der Waals surface area contributed by atoms with Crippen molar-refractivity contribution in [2.24, 2.45) is 5.92 Å². The molecule has 0 aromatic heterocycles. The molecule has 1 rings (SSSR count). The number of hydrogen-bond acceptors (Lipinski definition) is 2. The molecular formula is C14H28N2O. The monoisotopic (exact) mass is 240 g/mol. The molecule has 1 N–H and O–H groups in total. The van der Waals surface area contributed by atoms with Gasteiger partial charge in [0, 0.05) is 31.6 Å². The van der Waals surface area contributed by atoms with Gasteiger partial charge in [-0.05, 0) is 18.8 Å². The van der Waals surface area contributed by atoms with Gasteiger partial charge in [-0.25, -0.2) is 0 Å². The van der Waals surface area contributed by atoms with Crippen molar-refractivity contribution in [2.75, 3.05) is 13.1 Å². The lowest BCUT2D eigenvalue weighted by Gasteiger charge is -2.40. The van der Waals surface area contributed by atoms with Crippen LogP contribution in [0.1, 0.15) is 53.4 Å². The first-order valence-electron chi connectivity index (χ1n) is 7.15. The fourth-order valence-corrected chi connectivity index (χ4v) is 2.37. The average molecular weight is 240 g/mol. The summed E-state index contributed by atoms with van der Waals surface area (Å²) in [7, 11) is 0. The minimum atomic E-state index is 0.353. The fourth-order valence-electron chi connectivity index (χ4n) is 2.37. The third-order valence-corrected chi connectivity index (χ3v) is 4.00. The van der Waals surface area contributed by atoms with E-state index in [1.807, 2.05) is 0 Å². The summed E-state index contributed by atoms with van der Waals surface area (Å²) in [6.07, 6.45) is 3.95. The molecule has 1 aliphatic rings. The summed E-state index contributed by atoms with van der Waals surface area (Å²) in [5.74, 6) is 0.862. The Morgan fingerprint density at radius 1 is 1.35 bits per heavy atom. The molecule has 1 heterocycles. The Bertz CT molecular complexity index is 242. The fraction of sp³-hybridized carbons (Fsp3) is 0.929. The van der Waals surface area contributed by atoms with Gasteiger partial charge < -0.3 is 10.2 Å². The van der Waals surface area contributed by atoms with Gasteiger partial charge in [0.25, 0.3) is 0 Å². The third-order valence-electron chi connectivity index (χ3n) is 4.00. The Morgan fingerprint density at radius 2 is 2.06 bits per heavy atom. The first kappa shape index (κ1) is 14.5. The molecule has 1 saturated heterocycles. The van der Waals surface area contributed by atoms with Crippen LogP contribution in [0.25, 0.3) is 0 Å². The largest absolute Gasteiger partial charge is 0.337 e. The van der Waals surface area contributed by atoms with Gasteiger partial charge in [-0.1, -0.05) is 34.1 Å². The molecule has 0 spiro atoms. The van der Waals surface area contributed by atoms with Crippen LogP contribution in [-0.2, 0) is 4.79 Å². The topological polar surface area (TPSA) is 32.3 Å². The Labute approximate surface area is 106 Å². The molecule has 0 radical (unpaired) electrons. The summed E-state index contributed by atoms with van der Waals surface area (Å²) in [4.78, 5) is 14.4. The highest BCUT2D eigenvalue weighted by Gasteiger charge is 2.29. The minimum Gasteiger partial charge on any atom is -0.337 e. The summed E-state index contributed by atoms with van der Waals surface area (Å²) >= 11 is 0. The zero-order valence-corrected chi connectivity index (χ0v) is 11.8. The van der Waals surface area contributed by atoms with E-state index in [9.17, 15) is 4.79 Å². The van der Waals surface area contributed by atoms with Crippen LogP contribution in [-0.4, -0.2) is 36.0 Å². The van der Waals surface area contributed by atoms with Gasteiger partial charge in [0.1, 0.15) is 0 Å². The maximum Gasteiger partial charge on any atom is 0.223 e. The van der Waals surface area contributed by atoms with E-state index < -0.39 is 0 Å². The quantitative estimate of drug-likeness (QED) is 0.800. The number of nitrogens with one attached hydrogen (secondary N) is 1. The number of hydrogen-bond donors (Lipinski definition) is 1. The van der Waals surface area contributed by atoms with E-state index in [2.05, 4.69) is 37.9 Å². The van der Waals surface area contributed by atoms with Crippen LogP contribution < -0.4 is 5.32 Å². The lowest BCUT2D eigenvalue weighted by atomic mass is 10.0. The average Bonchev–Trinajstić information content (AvgIpc) is 2.37. The first-order valence-corrected chi connectivity index (χ1v) is 7.15. The summed E-state index contributed by atoms with van der Waals surface area (Å²) in [5, 5.41) is 3.53. The maximum atomic E-state index is 12.3. The van der Waals surface area contributed by atoms with Gasteiger partial charge in [-0.15, -0.1) is 0 Å². The number of amides is 1. The molecule has 3 atom stereocenters. The van der Waals surface area contributed by atoms with E-state index in [-0.39, 0.29) is 0 Å². The number of rotatable bonds is 5. The van der Waals surface area contributed by atoms with E-state index in [1.165, 1.54) is 0 Å². The summed E-state index contributed by atoms with van der Waals surface area (Å²) in [5.41, 5.74) is 0. The summed E-state index contributed by atoms with van der Waals surface area (Å²) in [6.45, 7) is 10.5. The minimum absolute atomic E-state index is 0.353. The van der Waals surface area contributed by atoms with Crippen molar-refractivity contribution in [3.8, 4) is 0 Å². The van der Waals surface area contributed by atoms with Gasteiger partial charge in [-0.3, -0.25) is 4.79 Å². The van der Waals surface area contributed by atoms with Crippen molar-refractivity contribution >= 4 is 5.91 Å². The third kappa shape index (κ3) is 3.98. The molecule has 0 aromatic carbocycles. The number of nitrogens with zero attached hydrogens (tertiary/aromatic N) is 1. The molecule has 1 fully saturated rings. The highest BCUT2D eigenvalue weighted by Crippen LogP contribution is 2.16. The molecule has 3 unspecified atom stereocenters. The molecule has 0 bridgehead atoms. The second-order valence-electron chi connectivity index (χ2n) is 5.34. The predicted molar refractivity (Wildman–Crippen MR) is 71.9 cm³/mol. The molecule has 0 aromatic rings. The van der Waals surface area contributed by atoms with Crippen LogP contribution in [0.2, 0.25) is 0 Å². The van der Waals surface area contributed by atoms with Crippen LogP contribution in [0, 0.1) is 5.92 Å². The van der Waals surface area contributed by atoms with Crippen LogP contribution in [0.15, 0.2) is 0 Å². The zero-order chi connectivity index (χ0) is 12.8. The molecule has 17 heavy (non-hydrogen) atoms. The summed E-state index contributed by atoms with van der Waals surface area (Å²) in [6, 6.07) is 0.882. The van der Waals surface area contributed by atoms with Crippen LogP contribution >= 0.6 is 0 Å². The molecule has 0 saturated carbocycles. The van der Waals surface area contributed by atoms with E-state index in [0.717, 1.165) is 32.4 Å². The predicted octanol–water partition coefficient (Wildman–Crippen LogP) is 2.41. The molecule has 0 aliphatic carbocycles. The zero-order valence-electron chi connectivity index (χ0n) is 11.8. The van der Waals surface area contributed by atoms with E-state index >= 15 is 0 Å². The van der Waals surface area contributed by atoms with Crippen molar-refractivity contribution in [3.63, 3.8) is 0 Å². The lowest BCUT2D eigenvalue weighted by molar-refractivity contribution is -0.136. The second-order valence-corrected chi connectivity index (χ2v) is 5.34. The standard InChI is InChI=1S/C14H28N2O/c1-5-11(4)8-14(17)16-10-12(6-2)15-9-13(16)7-3/h11-13,15H,5-10H2,1-4H3. The maximum absolute atomic E-state index is 12.3. The molecule has 1 aliphatic heterocycles. The Morgan fingerprint density at radius 3 is 2.59 bits per heavy atom. The van der Waals surface area contributed by atoms with Crippen molar-refractivity contribution in [2.45, 2.75) is 65.5 Å². The second kappa shape index (κ2) is 7.00. The number of piperazine rings is 1. The van der Waals surface area contributed by atoms with Gasteiger partial charge in [0.05, 0.1) is 0 Å². The smallest absolute Gasteiger partial charge is 0.223 e. The molecule has 1 amide bonds. The summed E-state index contributed by atoms with van der Waals surface area (Å²) < 4.78 is 0. The van der Waals surface area contributed by atoms with Crippen LogP contribution in [0.4, 0.5) is 0 Å². The van der Waals surface area contributed by atoms with Crippen LogP contribution in [0.3, 0.4) is 0 Å². The normalized spacial score (nSPS) is 26.9. The van der Waals surface area contributed by atoms with Gasteiger partial charge >= 0.3 is 0 Å². The Kier molecular flexibility index (Phi) is 5.96. The number of carbonyl (C=O) groups excluding carboxylic acids is 1. The molecule has 3 nitrogen and oxygen atoms in total.